The zero-order valence-electron chi connectivity index (χ0n) is 9.82. The highest BCUT2D eigenvalue weighted by atomic mass is 16.5. The SMILES string of the molecule is CO[C@H]1CNCC1Nc1nnc(C)c(C)n1. The summed E-state index contributed by atoms with van der Waals surface area (Å²) in [4.78, 5) is 4.34. The Hall–Kier alpha value is -1.27. The molecule has 1 fully saturated rings. The van der Waals surface area contributed by atoms with Crippen molar-refractivity contribution in [1.29, 1.82) is 0 Å². The van der Waals surface area contributed by atoms with E-state index in [4.69, 9.17) is 4.74 Å². The number of rotatable bonds is 3. The maximum absolute atomic E-state index is 5.35. The number of aryl methyl sites for hydroxylation is 2. The Morgan fingerprint density at radius 1 is 1.25 bits per heavy atom. The first kappa shape index (κ1) is 11.2. The van der Waals surface area contributed by atoms with E-state index in [0.717, 1.165) is 24.5 Å². The van der Waals surface area contributed by atoms with E-state index in [0.29, 0.717) is 5.95 Å². The molecule has 0 bridgehead atoms. The summed E-state index contributed by atoms with van der Waals surface area (Å²) in [6, 6.07) is 0.203. The summed E-state index contributed by atoms with van der Waals surface area (Å²) in [5.41, 5.74) is 1.76. The van der Waals surface area contributed by atoms with Crippen molar-refractivity contribution >= 4 is 5.95 Å². The molecule has 1 saturated heterocycles. The maximum atomic E-state index is 5.35. The number of anilines is 1. The molecule has 1 unspecified atom stereocenters. The molecule has 0 saturated carbocycles. The molecule has 0 amide bonds. The highest BCUT2D eigenvalue weighted by molar-refractivity contribution is 5.28. The Bertz CT molecular complexity index is 370. The van der Waals surface area contributed by atoms with Crippen molar-refractivity contribution in [2.24, 2.45) is 0 Å². The van der Waals surface area contributed by atoms with Crippen LogP contribution in [0, 0.1) is 13.8 Å². The third kappa shape index (κ3) is 2.28. The summed E-state index contributed by atoms with van der Waals surface area (Å²) in [6.45, 7) is 5.53. The van der Waals surface area contributed by atoms with Crippen LogP contribution in [0.2, 0.25) is 0 Å². The zero-order valence-corrected chi connectivity index (χ0v) is 9.82. The Labute approximate surface area is 94.8 Å². The Morgan fingerprint density at radius 2 is 2.06 bits per heavy atom. The molecular weight excluding hydrogens is 206 g/mol. The Balaban J connectivity index is 2.05. The minimum absolute atomic E-state index is 0.158. The number of hydrogen-bond donors (Lipinski definition) is 2. The van der Waals surface area contributed by atoms with Crippen LogP contribution in [0.3, 0.4) is 0 Å². The van der Waals surface area contributed by atoms with E-state index in [1.807, 2.05) is 13.8 Å². The van der Waals surface area contributed by atoms with Crippen LogP contribution in [-0.2, 0) is 4.74 Å². The molecule has 2 atom stereocenters. The van der Waals surface area contributed by atoms with Crippen LogP contribution < -0.4 is 10.6 Å². The third-order valence-corrected chi connectivity index (χ3v) is 2.87. The van der Waals surface area contributed by atoms with E-state index in [1.54, 1.807) is 7.11 Å². The van der Waals surface area contributed by atoms with Gasteiger partial charge in [0, 0.05) is 20.2 Å². The van der Waals surface area contributed by atoms with Crippen molar-refractivity contribution in [2.45, 2.75) is 26.0 Å². The van der Waals surface area contributed by atoms with Gasteiger partial charge < -0.3 is 15.4 Å². The highest BCUT2D eigenvalue weighted by Gasteiger charge is 2.27. The molecule has 6 nitrogen and oxygen atoms in total. The standard InChI is InChI=1S/C10H17N5O/c1-6-7(2)14-15-10(12-6)13-8-4-11-5-9(8)16-3/h8-9,11H,4-5H2,1-3H3,(H,12,13,15)/t8?,9-/m0/s1. The molecule has 2 rings (SSSR count). The fourth-order valence-corrected chi connectivity index (χ4v) is 1.73. The average Bonchev–Trinajstić information content (AvgIpc) is 2.71. The Morgan fingerprint density at radius 3 is 2.75 bits per heavy atom. The van der Waals surface area contributed by atoms with Crippen molar-refractivity contribution < 1.29 is 4.74 Å². The second-order valence-electron chi connectivity index (χ2n) is 3.99. The van der Waals surface area contributed by atoms with Crippen molar-refractivity contribution in [3.63, 3.8) is 0 Å². The lowest BCUT2D eigenvalue weighted by Crippen LogP contribution is -2.34. The number of nitrogens with zero attached hydrogens (tertiary/aromatic N) is 3. The van der Waals surface area contributed by atoms with Gasteiger partial charge in [-0.25, -0.2) is 4.98 Å². The van der Waals surface area contributed by atoms with E-state index < -0.39 is 0 Å². The van der Waals surface area contributed by atoms with Gasteiger partial charge in [0.2, 0.25) is 5.95 Å². The van der Waals surface area contributed by atoms with E-state index in [2.05, 4.69) is 25.8 Å². The van der Waals surface area contributed by atoms with Crippen LogP contribution in [0.4, 0.5) is 5.95 Å². The van der Waals surface area contributed by atoms with Gasteiger partial charge in [-0.2, -0.15) is 5.10 Å². The van der Waals surface area contributed by atoms with Crippen LogP contribution >= 0.6 is 0 Å². The van der Waals surface area contributed by atoms with Crippen molar-refractivity contribution in [3.05, 3.63) is 11.4 Å². The van der Waals surface area contributed by atoms with Crippen molar-refractivity contribution in [1.82, 2.24) is 20.5 Å². The van der Waals surface area contributed by atoms with Gasteiger partial charge in [-0.1, -0.05) is 0 Å². The van der Waals surface area contributed by atoms with Gasteiger partial charge in [0.25, 0.3) is 0 Å². The highest BCUT2D eigenvalue weighted by Crippen LogP contribution is 2.10. The average molecular weight is 223 g/mol. The van der Waals surface area contributed by atoms with E-state index in [-0.39, 0.29) is 12.1 Å². The van der Waals surface area contributed by atoms with E-state index >= 15 is 0 Å². The minimum Gasteiger partial charge on any atom is -0.378 e. The lowest BCUT2D eigenvalue weighted by atomic mass is 10.2. The molecule has 1 aliphatic rings. The maximum Gasteiger partial charge on any atom is 0.243 e. The molecule has 2 N–H and O–H groups in total. The van der Waals surface area contributed by atoms with Crippen molar-refractivity contribution in [3.8, 4) is 0 Å². The van der Waals surface area contributed by atoms with Crippen LogP contribution in [0.5, 0.6) is 0 Å². The summed E-state index contributed by atoms with van der Waals surface area (Å²) in [5.74, 6) is 0.568. The number of aromatic nitrogens is 3. The second kappa shape index (κ2) is 4.71. The quantitative estimate of drug-likeness (QED) is 0.745. The summed E-state index contributed by atoms with van der Waals surface area (Å²) in [6.07, 6.45) is 0.158. The number of hydrogen-bond acceptors (Lipinski definition) is 6. The summed E-state index contributed by atoms with van der Waals surface area (Å²) >= 11 is 0. The molecule has 16 heavy (non-hydrogen) atoms. The molecule has 0 spiro atoms. The normalized spacial score (nSPS) is 24.7. The van der Waals surface area contributed by atoms with Crippen LogP contribution in [0.25, 0.3) is 0 Å². The first-order chi connectivity index (χ1) is 7.70. The van der Waals surface area contributed by atoms with Crippen molar-refractivity contribution in [2.75, 3.05) is 25.5 Å². The fourth-order valence-electron chi connectivity index (χ4n) is 1.73. The molecule has 1 aromatic rings. The zero-order chi connectivity index (χ0) is 11.5. The minimum atomic E-state index is 0.158. The molecule has 6 heteroatoms. The number of nitrogens with one attached hydrogen (secondary N) is 2. The first-order valence-corrected chi connectivity index (χ1v) is 5.38. The topological polar surface area (TPSA) is 72.0 Å². The molecule has 1 aromatic heterocycles. The predicted molar refractivity (Wildman–Crippen MR) is 60.4 cm³/mol. The summed E-state index contributed by atoms with van der Waals surface area (Å²) in [5, 5.41) is 14.5. The molecule has 88 valence electrons. The van der Waals surface area contributed by atoms with Crippen LogP contribution in [0.15, 0.2) is 0 Å². The monoisotopic (exact) mass is 223 g/mol. The van der Waals surface area contributed by atoms with Gasteiger partial charge >= 0.3 is 0 Å². The lowest BCUT2D eigenvalue weighted by molar-refractivity contribution is 0.111. The van der Waals surface area contributed by atoms with Gasteiger partial charge in [0.15, 0.2) is 0 Å². The summed E-state index contributed by atoms with van der Waals surface area (Å²) < 4.78 is 5.35. The van der Waals surface area contributed by atoms with Gasteiger partial charge in [-0.3, -0.25) is 0 Å². The number of methoxy groups -OCH3 is 1. The fraction of sp³-hybridized carbons (Fsp3) is 0.700. The summed E-state index contributed by atoms with van der Waals surface area (Å²) in [7, 11) is 1.71. The third-order valence-electron chi connectivity index (χ3n) is 2.87. The van der Waals surface area contributed by atoms with E-state index in [1.165, 1.54) is 0 Å². The van der Waals surface area contributed by atoms with Crippen LogP contribution in [0.1, 0.15) is 11.4 Å². The first-order valence-electron chi connectivity index (χ1n) is 5.38. The molecule has 1 aliphatic heterocycles. The molecule has 2 heterocycles. The van der Waals surface area contributed by atoms with Gasteiger partial charge in [-0.15, -0.1) is 5.10 Å². The molecular formula is C10H17N5O. The molecule has 0 radical (unpaired) electrons. The van der Waals surface area contributed by atoms with Gasteiger partial charge in [0.1, 0.15) is 0 Å². The lowest BCUT2D eigenvalue weighted by Gasteiger charge is -2.18. The number of ether oxygens (including phenoxy) is 1. The van der Waals surface area contributed by atoms with Crippen LogP contribution in [-0.4, -0.2) is 47.5 Å². The predicted octanol–water partition coefficient (Wildman–Crippen LogP) is -0.113. The van der Waals surface area contributed by atoms with Gasteiger partial charge in [0.05, 0.1) is 23.5 Å². The second-order valence-corrected chi connectivity index (χ2v) is 3.99. The molecule has 0 aliphatic carbocycles. The largest absolute Gasteiger partial charge is 0.378 e. The van der Waals surface area contributed by atoms with Gasteiger partial charge in [-0.05, 0) is 13.8 Å². The Kier molecular flexibility index (Phi) is 3.31. The molecule has 0 aromatic carbocycles. The smallest absolute Gasteiger partial charge is 0.243 e. The van der Waals surface area contributed by atoms with E-state index in [9.17, 15) is 0 Å².